The number of nitrogens with zero attached hydrogens (tertiary/aromatic N) is 1. The molecule has 1 amide bonds. The zero-order valence-electron chi connectivity index (χ0n) is 18.5. The number of nitrogens with one attached hydrogen (secondary N) is 1. The van der Waals surface area contributed by atoms with Gasteiger partial charge in [-0.2, -0.15) is 4.31 Å². The van der Waals surface area contributed by atoms with Crippen molar-refractivity contribution in [2.75, 3.05) is 25.5 Å². The summed E-state index contributed by atoms with van der Waals surface area (Å²) in [5.41, 5.74) is 3.81. The van der Waals surface area contributed by atoms with Crippen molar-refractivity contribution in [3.63, 3.8) is 0 Å². The van der Waals surface area contributed by atoms with Crippen molar-refractivity contribution in [3.05, 3.63) is 89.5 Å². The molecule has 0 fully saturated rings. The number of anilines is 1. The molecule has 3 rings (SSSR count). The number of hydrogen-bond acceptors (Lipinski definition) is 4. The van der Waals surface area contributed by atoms with Crippen LogP contribution in [-0.2, 0) is 21.2 Å². The van der Waals surface area contributed by atoms with Gasteiger partial charge in [0.05, 0.1) is 18.6 Å². The molecule has 0 atom stereocenters. The van der Waals surface area contributed by atoms with Crippen LogP contribution < -0.4 is 10.1 Å². The summed E-state index contributed by atoms with van der Waals surface area (Å²) in [4.78, 5) is 12.9. The van der Waals surface area contributed by atoms with Gasteiger partial charge in [0.2, 0.25) is 15.9 Å². The van der Waals surface area contributed by atoms with Crippen LogP contribution in [0.1, 0.15) is 16.7 Å². The molecule has 3 aromatic carbocycles. The Bertz CT molecular complexity index is 1160. The van der Waals surface area contributed by atoms with Gasteiger partial charge in [-0.1, -0.05) is 36.4 Å². The lowest BCUT2D eigenvalue weighted by molar-refractivity contribution is -0.116. The van der Waals surface area contributed by atoms with Crippen molar-refractivity contribution < 1.29 is 17.9 Å². The van der Waals surface area contributed by atoms with Gasteiger partial charge in [0.25, 0.3) is 0 Å². The van der Waals surface area contributed by atoms with Gasteiger partial charge in [-0.25, -0.2) is 8.42 Å². The van der Waals surface area contributed by atoms with Crippen LogP contribution in [0.15, 0.2) is 77.7 Å². The number of carbonyl (C=O) groups is 1. The molecule has 6 nitrogen and oxygen atoms in total. The second-order valence-electron chi connectivity index (χ2n) is 7.60. The minimum Gasteiger partial charge on any atom is -0.497 e. The summed E-state index contributed by atoms with van der Waals surface area (Å²) in [6.45, 7) is 3.85. The highest BCUT2D eigenvalue weighted by atomic mass is 32.2. The van der Waals surface area contributed by atoms with Crippen LogP contribution in [0.3, 0.4) is 0 Å². The monoisotopic (exact) mass is 452 g/mol. The number of rotatable bonds is 9. The van der Waals surface area contributed by atoms with Crippen LogP contribution in [0.25, 0.3) is 0 Å². The van der Waals surface area contributed by atoms with Gasteiger partial charge in [0.15, 0.2) is 0 Å². The van der Waals surface area contributed by atoms with Crippen molar-refractivity contribution in [2.24, 2.45) is 0 Å². The Kier molecular flexibility index (Phi) is 7.66. The maximum Gasteiger partial charge on any atom is 0.243 e. The summed E-state index contributed by atoms with van der Waals surface area (Å²) in [6, 6.07) is 21.4. The lowest BCUT2D eigenvalue weighted by Gasteiger charge is -2.22. The molecule has 0 unspecified atom stereocenters. The summed E-state index contributed by atoms with van der Waals surface area (Å²) in [5, 5.41) is 2.82. The van der Waals surface area contributed by atoms with Crippen molar-refractivity contribution in [1.82, 2.24) is 4.31 Å². The number of hydrogen-bond donors (Lipinski definition) is 1. The van der Waals surface area contributed by atoms with Gasteiger partial charge in [0, 0.05) is 12.2 Å². The Balaban J connectivity index is 1.81. The van der Waals surface area contributed by atoms with Gasteiger partial charge in [0.1, 0.15) is 5.75 Å². The Morgan fingerprint density at radius 1 is 0.938 bits per heavy atom. The standard InChI is InChI=1S/C25H28N2O4S/c1-19-9-10-22(17-20(19)2)26-25(28)18-27(16-15-21-7-5-4-6-8-21)32(29,30)24-13-11-23(31-3)12-14-24/h4-14,17H,15-16,18H2,1-3H3,(H,26,28). The van der Waals surface area contributed by atoms with Crippen molar-refractivity contribution in [3.8, 4) is 5.75 Å². The molecule has 7 heteroatoms. The van der Waals surface area contributed by atoms with E-state index in [1.165, 1.54) is 23.5 Å². The number of benzene rings is 3. The predicted octanol–water partition coefficient (Wildman–Crippen LogP) is 4.18. The number of carbonyl (C=O) groups excluding carboxylic acids is 1. The average Bonchev–Trinajstić information content (AvgIpc) is 2.79. The maximum absolute atomic E-state index is 13.3. The molecule has 3 aromatic rings. The van der Waals surface area contributed by atoms with E-state index in [1.807, 2.05) is 62.4 Å². The first kappa shape index (κ1) is 23.5. The van der Waals surface area contributed by atoms with Crippen LogP contribution in [0.4, 0.5) is 5.69 Å². The molecule has 0 aliphatic heterocycles. The number of amides is 1. The van der Waals surface area contributed by atoms with E-state index < -0.39 is 15.9 Å². The smallest absolute Gasteiger partial charge is 0.243 e. The molecule has 1 N–H and O–H groups in total. The molecule has 0 aliphatic carbocycles. The van der Waals surface area contributed by atoms with Crippen LogP contribution in [0.2, 0.25) is 0 Å². The largest absolute Gasteiger partial charge is 0.497 e. The van der Waals surface area contributed by atoms with Crippen LogP contribution in [0, 0.1) is 13.8 Å². The number of sulfonamides is 1. The van der Waals surface area contributed by atoms with E-state index in [0.717, 1.165) is 16.7 Å². The van der Waals surface area contributed by atoms with Crippen molar-refractivity contribution in [2.45, 2.75) is 25.2 Å². The highest BCUT2D eigenvalue weighted by Gasteiger charge is 2.26. The van der Waals surface area contributed by atoms with E-state index in [9.17, 15) is 13.2 Å². The second kappa shape index (κ2) is 10.4. The highest BCUT2D eigenvalue weighted by molar-refractivity contribution is 7.89. The molecule has 0 bridgehead atoms. The molecule has 0 aromatic heterocycles. The fraction of sp³-hybridized carbons (Fsp3) is 0.240. The Hall–Kier alpha value is -3.16. The Labute approximate surface area is 189 Å². The Morgan fingerprint density at radius 3 is 2.25 bits per heavy atom. The van der Waals surface area contributed by atoms with Crippen LogP contribution in [0.5, 0.6) is 5.75 Å². The zero-order chi connectivity index (χ0) is 23.1. The first-order valence-electron chi connectivity index (χ1n) is 10.3. The number of ether oxygens (including phenoxy) is 1. The fourth-order valence-corrected chi connectivity index (χ4v) is 4.66. The maximum atomic E-state index is 13.3. The number of aryl methyl sites for hydroxylation is 2. The van der Waals surface area contributed by atoms with Gasteiger partial charge in [-0.15, -0.1) is 0 Å². The van der Waals surface area contributed by atoms with E-state index in [2.05, 4.69) is 5.32 Å². The molecule has 0 saturated heterocycles. The third-order valence-electron chi connectivity index (χ3n) is 5.30. The third-order valence-corrected chi connectivity index (χ3v) is 7.16. The molecular formula is C25H28N2O4S. The molecule has 0 spiro atoms. The molecule has 32 heavy (non-hydrogen) atoms. The predicted molar refractivity (Wildman–Crippen MR) is 126 cm³/mol. The first-order valence-corrected chi connectivity index (χ1v) is 11.8. The normalized spacial score (nSPS) is 11.4. The van der Waals surface area contributed by atoms with E-state index in [0.29, 0.717) is 17.9 Å². The molecular weight excluding hydrogens is 424 g/mol. The molecule has 0 heterocycles. The molecule has 0 aliphatic rings. The quantitative estimate of drug-likeness (QED) is 0.528. The zero-order valence-corrected chi connectivity index (χ0v) is 19.4. The van der Waals surface area contributed by atoms with Crippen LogP contribution in [-0.4, -0.2) is 38.8 Å². The van der Waals surface area contributed by atoms with Crippen molar-refractivity contribution >= 4 is 21.6 Å². The molecule has 168 valence electrons. The average molecular weight is 453 g/mol. The minimum atomic E-state index is -3.88. The van der Waals surface area contributed by atoms with Gasteiger partial charge < -0.3 is 10.1 Å². The summed E-state index contributed by atoms with van der Waals surface area (Å²) < 4.78 is 33.0. The third kappa shape index (κ3) is 5.96. The second-order valence-corrected chi connectivity index (χ2v) is 9.53. The van der Waals surface area contributed by atoms with Gasteiger partial charge in [-0.3, -0.25) is 4.79 Å². The van der Waals surface area contributed by atoms with E-state index in [1.54, 1.807) is 12.1 Å². The molecule has 0 saturated carbocycles. The number of methoxy groups -OCH3 is 1. The Morgan fingerprint density at radius 2 is 1.62 bits per heavy atom. The summed E-state index contributed by atoms with van der Waals surface area (Å²) in [6.07, 6.45) is 0.493. The SMILES string of the molecule is COc1ccc(S(=O)(=O)N(CCc2ccccc2)CC(=O)Nc2ccc(C)c(C)c2)cc1. The lowest BCUT2D eigenvalue weighted by atomic mass is 10.1. The minimum absolute atomic E-state index is 0.116. The van der Waals surface area contributed by atoms with E-state index >= 15 is 0 Å². The van der Waals surface area contributed by atoms with Gasteiger partial charge >= 0.3 is 0 Å². The topological polar surface area (TPSA) is 75.7 Å². The first-order chi connectivity index (χ1) is 15.3. The van der Waals surface area contributed by atoms with E-state index in [4.69, 9.17) is 4.74 Å². The summed E-state index contributed by atoms with van der Waals surface area (Å²) >= 11 is 0. The fourth-order valence-electron chi connectivity index (χ4n) is 3.26. The summed E-state index contributed by atoms with van der Waals surface area (Å²) in [7, 11) is -2.36. The van der Waals surface area contributed by atoms with E-state index in [-0.39, 0.29) is 18.0 Å². The molecule has 0 radical (unpaired) electrons. The lowest BCUT2D eigenvalue weighted by Crippen LogP contribution is -2.39. The van der Waals surface area contributed by atoms with Crippen LogP contribution >= 0.6 is 0 Å². The highest BCUT2D eigenvalue weighted by Crippen LogP contribution is 2.21. The summed E-state index contributed by atoms with van der Waals surface area (Å²) in [5.74, 6) is 0.172. The van der Waals surface area contributed by atoms with Crippen molar-refractivity contribution in [1.29, 1.82) is 0 Å². The van der Waals surface area contributed by atoms with Gasteiger partial charge in [-0.05, 0) is 73.4 Å².